The van der Waals surface area contributed by atoms with E-state index in [1.165, 1.54) is 47.5 Å². The third-order valence-corrected chi connectivity index (χ3v) is 5.87. The Bertz CT molecular complexity index is 1190. The lowest BCUT2D eigenvalue weighted by Crippen LogP contribution is -1.85. The summed E-state index contributed by atoms with van der Waals surface area (Å²) in [5.74, 6) is 0. The molecule has 0 amide bonds. The van der Waals surface area contributed by atoms with Crippen LogP contribution in [-0.4, -0.2) is 4.57 Å². The van der Waals surface area contributed by atoms with E-state index in [4.69, 9.17) is 0 Å². The maximum absolute atomic E-state index is 2.32. The van der Waals surface area contributed by atoms with Crippen LogP contribution < -0.4 is 0 Å². The first-order chi connectivity index (χ1) is 10.7. The van der Waals surface area contributed by atoms with Gasteiger partial charge in [-0.05, 0) is 31.2 Å². The minimum Gasteiger partial charge on any atom is -0.344 e. The number of fused-ring (bicyclic) bond motifs is 7. The van der Waals surface area contributed by atoms with Crippen molar-refractivity contribution in [2.75, 3.05) is 0 Å². The molecule has 0 saturated carbocycles. The van der Waals surface area contributed by atoms with Crippen molar-refractivity contribution in [2.45, 2.75) is 6.92 Å². The normalized spacial score (nSPS) is 12.1. The van der Waals surface area contributed by atoms with E-state index in [-0.39, 0.29) is 0 Å². The fraction of sp³-hybridized carbons (Fsp3) is 0.100. The summed E-state index contributed by atoms with van der Waals surface area (Å²) in [6.07, 6.45) is 0. The maximum Gasteiger partial charge on any atom is 0.0503 e. The second-order valence-electron chi connectivity index (χ2n) is 6.01. The standard InChI is InChI=1S/C20H15NS/c1-12-7-9-16-15(11-12)19-17(21(16)2)10-8-14-13-5-3-4-6-18(13)22-20(14)19/h3-11H,1-2H3. The monoisotopic (exact) mass is 301 g/mol. The van der Waals surface area contributed by atoms with Crippen LogP contribution >= 0.6 is 11.3 Å². The van der Waals surface area contributed by atoms with Crippen LogP contribution in [0.2, 0.25) is 0 Å². The molecule has 0 aliphatic carbocycles. The van der Waals surface area contributed by atoms with Crippen LogP contribution in [-0.2, 0) is 7.05 Å². The van der Waals surface area contributed by atoms with Crippen molar-refractivity contribution in [3.63, 3.8) is 0 Å². The van der Waals surface area contributed by atoms with Crippen molar-refractivity contribution in [3.05, 3.63) is 60.2 Å². The number of benzene rings is 3. The zero-order valence-corrected chi connectivity index (χ0v) is 13.4. The molecule has 2 aromatic heterocycles. The molecule has 0 aliphatic rings. The highest BCUT2D eigenvalue weighted by molar-refractivity contribution is 7.26. The lowest BCUT2D eigenvalue weighted by Gasteiger charge is -1.98. The second kappa shape index (κ2) is 4.11. The van der Waals surface area contributed by atoms with Gasteiger partial charge in [0.25, 0.3) is 0 Å². The summed E-state index contributed by atoms with van der Waals surface area (Å²) >= 11 is 1.91. The molecule has 2 heterocycles. The van der Waals surface area contributed by atoms with Gasteiger partial charge in [0.1, 0.15) is 0 Å². The number of aromatic nitrogens is 1. The molecular weight excluding hydrogens is 286 g/mol. The van der Waals surface area contributed by atoms with Crippen molar-refractivity contribution in [1.29, 1.82) is 0 Å². The average Bonchev–Trinajstić information content (AvgIpc) is 3.03. The van der Waals surface area contributed by atoms with Crippen molar-refractivity contribution < 1.29 is 0 Å². The predicted molar refractivity (Wildman–Crippen MR) is 98.1 cm³/mol. The van der Waals surface area contributed by atoms with Gasteiger partial charge in [0.15, 0.2) is 0 Å². The van der Waals surface area contributed by atoms with E-state index in [1.807, 2.05) is 11.3 Å². The highest BCUT2D eigenvalue weighted by Crippen LogP contribution is 2.41. The Morgan fingerprint density at radius 2 is 1.64 bits per heavy atom. The predicted octanol–water partition coefficient (Wildman–Crippen LogP) is 6.01. The molecule has 5 aromatic rings. The van der Waals surface area contributed by atoms with Crippen LogP contribution in [0.1, 0.15) is 5.56 Å². The average molecular weight is 301 g/mol. The lowest BCUT2D eigenvalue weighted by molar-refractivity contribution is 1.01. The number of hydrogen-bond donors (Lipinski definition) is 0. The number of aryl methyl sites for hydroxylation is 2. The summed E-state index contributed by atoms with van der Waals surface area (Å²) in [5.41, 5.74) is 3.95. The van der Waals surface area contributed by atoms with Gasteiger partial charge in [-0.25, -0.2) is 0 Å². The van der Waals surface area contributed by atoms with E-state index in [9.17, 15) is 0 Å². The molecule has 2 heteroatoms. The van der Waals surface area contributed by atoms with E-state index >= 15 is 0 Å². The number of nitrogens with zero attached hydrogens (tertiary/aromatic N) is 1. The van der Waals surface area contributed by atoms with E-state index in [0.29, 0.717) is 0 Å². The van der Waals surface area contributed by atoms with Crippen LogP contribution in [0.5, 0.6) is 0 Å². The van der Waals surface area contributed by atoms with Gasteiger partial charge in [-0.1, -0.05) is 35.9 Å². The molecule has 0 fully saturated rings. The van der Waals surface area contributed by atoms with Crippen LogP contribution in [0.4, 0.5) is 0 Å². The van der Waals surface area contributed by atoms with Gasteiger partial charge >= 0.3 is 0 Å². The van der Waals surface area contributed by atoms with Gasteiger partial charge in [-0.15, -0.1) is 11.3 Å². The van der Waals surface area contributed by atoms with Crippen molar-refractivity contribution in [1.82, 2.24) is 4.57 Å². The summed E-state index contributed by atoms with van der Waals surface area (Å²) in [5, 5.41) is 5.52. The highest BCUT2D eigenvalue weighted by Gasteiger charge is 2.14. The molecule has 5 rings (SSSR count). The van der Waals surface area contributed by atoms with Crippen molar-refractivity contribution >= 4 is 53.3 Å². The fourth-order valence-electron chi connectivity index (χ4n) is 3.59. The summed E-state index contributed by atoms with van der Waals surface area (Å²) < 4.78 is 5.10. The van der Waals surface area contributed by atoms with Crippen LogP contribution in [0, 0.1) is 6.92 Å². The number of rotatable bonds is 0. The fourth-order valence-corrected chi connectivity index (χ4v) is 4.85. The first kappa shape index (κ1) is 12.2. The van der Waals surface area contributed by atoms with E-state index < -0.39 is 0 Å². The van der Waals surface area contributed by atoms with Crippen LogP contribution in [0.3, 0.4) is 0 Å². The summed E-state index contributed by atoms with van der Waals surface area (Å²) in [6.45, 7) is 2.17. The minimum absolute atomic E-state index is 1.31. The molecule has 0 bridgehead atoms. The van der Waals surface area contributed by atoms with Gasteiger partial charge in [-0.3, -0.25) is 0 Å². The molecule has 0 atom stereocenters. The molecule has 106 valence electrons. The molecule has 22 heavy (non-hydrogen) atoms. The topological polar surface area (TPSA) is 4.93 Å². The third kappa shape index (κ3) is 1.43. The van der Waals surface area contributed by atoms with Crippen LogP contribution in [0.15, 0.2) is 54.6 Å². The minimum atomic E-state index is 1.31. The summed E-state index contributed by atoms with van der Waals surface area (Å²) in [7, 11) is 2.17. The lowest BCUT2D eigenvalue weighted by atomic mass is 10.1. The molecule has 3 aromatic carbocycles. The molecule has 0 aliphatic heterocycles. The highest BCUT2D eigenvalue weighted by atomic mass is 32.1. The smallest absolute Gasteiger partial charge is 0.0503 e. The quantitative estimate of drug-likeness (QED) is 0.330. The van der Waals surface area contributed by atoms with Gasteiger partial charge in [-0.2, -0.15) is 0 Å². The van der Waals surface area contributed by atoms with E-state index in [0.717, 1.165) is 0 Å². The van der Waals surface area contributed by atoms with Gasteiger partial charge in [0, 0.05) is 43.5 Å². The molecule has 0 radical (unpaired) electrons. The Morgan fingerprint density at radius 1 is 0.818 bits per heavy atom. The molecule has 0 spiro atoms. The number of hydrogen-bond acceptors (Lipinski definition) is 1. The second-order valence-corrected chi connectivity index (χ2v) is 7.07. The Hall–Kier alpha value is -2.32. The first-order valence-electron chi connectivity index (χ1n) is 7.53. The van der Waals surface area contributed by atoms with Gasteiger partial charge in [0.05, 0.1) is 5.52 Å². The van der Waals surface area contributed by atoms with Crippen LogP contribution in [0.25, 0.3) is 42.0 Å². The Balaban J connectivity index is 2.14. The largest absolute Gasteiger partial charge is 0.344 e. The summed E-state index contributed by atoms with van der Waals surface area (Å²) in [6, 6.07) is 20.0. The van der Waals surface area contributed by atoms with Crippen molar-refractivity contribution in [3.8, 4) is 0 Å². The zero-order valence-electron chi connectivity index (χ0n) is 12.6. The van der Waals surface area contributed by atoms with Crippen molar-refractivity contribution in [2.24, 2.45) is 7.05 Å². The molecule has 0 unspecified atom stereocenters. The molecular formula is C20H15NS. The summed E-state index contributed by atoms with van der Waals surface area (Å²) in [4.78, 5) is 0. The zero-order chi connectivity index (χ0) is 14.8. The molecule has 0 saturated heterocycles. The first-order valence-corrected chi connectivity index (χ1v) is 8.35. The Morgan fingerprint density at radius 3 is 2.55 bits per heavy atom. The van der Waals surface area contributed by atoms with Gasteiger partial charge in [0.2, 0.25) is 0 Å². The SMILES string of the molecule is Cc1ccc2c(c1)c1c3sc4ccccc4c3ccc1n2C. The Kier molecular flexibility index (Phi) is 2.29. The molecule has 1 nitrogen and oxygen atoms in total. The Labute approximate surface area is 132 Å². The third-order valence-electron chi connectivity index (χ3n) is 4.67. The maximum atomic E-state index is 2.32. The van der Waals surface area contributed by atoms with E-state index in [2.05, 4.69) is 73.1 Å². The molecule has 0 N–H and O–H groups in total. The number of thiophene rings is 1. The van der Waals surface area contributed by atoms with E-state index in [1.54, 1.807) is 0 Å². The van der Waals surface area contributed by atoms with Gasteiger partial charge < -0.3 is 4.57 Å².